The maximum absolute atomic E-state index is 11.1. The summed E-state index contributed by atoms with van der Waals surface area (Å²) >= 11 is 0. The van der Waals surface area contributed by atoms with Crippen LogP contribution in [0.25, 0.3) is 0 Å². The highest BCUT2D eigenvalue weighted by Crippen LogP contribution is 2.28. The second-order valence-electron chi connectivity index (χ2n) is 7.05. The average Bonchev–Trinajstić information content (AvgIpc) is 2.61. The minimum absolute atomic E-state index is 0.245. The molecular weight excluding hydrogens is 304 g/mol. The fourth-order valence-corrected chi connectivity index (χ4v) is 3.30. The van der Waals surface area contributed by atoms with Gasteiger partial charge in [0, 0.05) is 11.1 Å². The molecule has 0 aromatic heterocycles. The first-order valence-corrected chi connectivity index (χ1v) is 9.16. The van der Waals surface area contributed by atoms with Crippen molar-refractivity contribution in [2.45, 2.75) is 71.1 Å². The number of carboxylic acid groups (broad SMARTS) is 1. The van der Waals surface area contributed by atoms with Gasteiger partial charge in [0.05, 0.1) is 6.61 Å². The van der Waals surface area contributed by atoms with Crippen molar-refractivity contribution in [2.75, 3.05) is 6.61 Å². The molecule has 0 spiro atoms. The third-order valence-electron chi connectivity index (χ3n) is 4.90. The van der Waals surface area contributed by atoms with Crippen LogP contribution in [0.5, 0.6) is 0 Å². The van der Waals surface area contributed by atoms with E-state index in [9.17, 15) is 9.59 Å². The molecule has 0 amide bonds. The van der Waals surface area contributed by atoms with Crippen molar-refractivity contribution in [1.29, 1.82) is 0 Å². The number of carboxylic acids is 1. The van der Waals surface area contributed by atoms with Crippen LogP contribution in [-0.2, 0) is 14.3 Å². The molecule has 136 valence electrons. The number of hydrogen-bond acceptors (Lipinski definition) is 3. The van der Waals surface area contributed by atoms with Crippen LogP contribution in [0.3, 0.4) is 0 Å². The third-order valence-corrected chi connectivity index (χ3v) is 4.90. The average molecular weight is 336 g/mol. The number of carbonyl (C=O) groups is 2. The lowest BCUT2D eigenvalue weighted by molar-refractivity contribution is -0.140. The molecule has 2 fully saturated rings. The van der Waals surface area contributed by atoms with Gasteiger partial charge < -0.3 is 9.84 Å². The Morgan fingerprint density at radius 1 is 0.958 bits per heavy atom. The van der Waals surface area contributed by atoms with Gasteiger partial charge in [-0.15, -0.1) is 0 Å². The van der Waals surface area contributed by atoms with Crippen molar-refractivity contribution in [3.8, 4) is 0 Å². The van der Waals surface area contributed by atoms with Crippen LogP contribution in [0.4, 0.5) is 0 Å². The Hall–Kier alpha value is -1.58. The van der Waals surface area contributed by atoms with E-state index in [0.717, 1.165) is 25.7 Å². The molecule has 0 bridgehead atoms. The van der Waals surface area contributed by atoms with E-state index in [1.165, 1.54) is 38.5 Å². The Balaban J connectivity index is 0.000000243. The van der Waals surface area contributed by atoms with Gasteiger partial charge in [0.25, 0.3) is 0 Å². The van der Waals surface area contributed by atoms with Crippen molar-refractivity contribution in [3.63, 3.8) is 0 Å². The van der Waals surface area contributed by atoms with Gasteiger partial charge in [0.2, 0.25) is 0 Å². The van der Waals surface area contributed by atoms with Crippen LogP contribution in [-0.4, -0.2) is 23.7 Å². The minimum atomic E-state index is -0.822. The fourth-order valence-electron chi connectivity index (χ4n) is 3.30. The molecule has 0 aliphatic heterocycles. The number of hydrogen-bond donors (Lipinski definition) is 1. The first-order valence-electron chi connectivity index (χ1n) is 9.16. The summed E-state index contributed by atoms with van der Waals surface area (Å²) in [5, 5.41) is 8.63. The van der Waals surface area contributed by atoms with E-state index < -0.39 is 5.97 Å². The number of rotatable bonds is 5. The van der Waals surface area contributed by atoms with E-state index in [-0.39, 0.29) is 11.9 Å². The van der Waals surface area contributed by atoms with Crippen molar-refractivity contribution in [1.82, 2.24) is 0 Å². The molecule has 1 N–H and O–H groups in total. The van der Waals surface area contributed by atoms with E-state index in [1.54, 1.807) is 6.92 Å². The van der Waals surface area contributed by atoms with Gasteiger partial charge in [-0.05, 0) is 44.4 Å². The molecule has 4 nitrogen and oxygen atoms in total. The summed E-state index contributed by atoms with van der Waals surface area (Å²) in [4.78, 5) is 21.6. The highest BCUT2D eigenvalue weighted by molar-refractivity contribution is 5.87. The predicted molar refractivity (Wildman–Crippen MR) is 95.7 cm³/mol. The van der Waals surface area contributed by atoms with Crippen LogP contribution < -0.4 is 0 Å². The van der Waals surface area contributed by atoms with Crippen molar-refractivity contribution in [2.24, 2.45) is 11.8 Å². The standard InChI is InChI=1S/C11H18O2.C9H14O2/c1-9(2)11(12)13-8-10-6-4-3-5-7-10;1-7(9(10)11)8-5-3-2-4-6-8/h10H,1,3-8H2,2H3;8H,1-6H2,(H,10,11). The third kappa shape index (κ3) is 7.80. The van der Waals surface area contributed by atoms with Crippen LogP contribution in [0.15, 0.2) is 24.3 Å². The Bertz CT molecular complexity index is 441. The first-order chi connectivity index (χ1) is 11.4. The van der Waals surface area contributed by atoms with Crippen LogP contribution >= 0.6 is 0 Å². The van der Waals surface area contributed by atoms with Crippen LogP contribution in [0.1, 0.15) is 71.1 Å². The van der Waals surface area contributed by atoms with E-state index in [0.29, 0.717) is 23.7 Å². The van der Waals surface area contributed by atoms with E-state index in [2.05, 4.69) is 13.2 Å². The summed E-state index contributed by atoms with van der Waals surface area (Å²) in [6, 6.07) is 0. The molecule has 4 heteroatoms. The molecule has 0 radical (unpaired) electrons. The normalized spacial score (nSPS) is 18.9. The molecule has 2 aliphatic rings. The van der Waals surface area contributed by atoms with Gasteiger partial charge in [-0.1, -0.05) is 51.7 Å². The lowest BCUT2D eigenvalue weighted by atomic mass is 9.84. The molecule has 2 rings (SSSR count). The molecule has 0 unspecified atom stereocenters. The first kappa shape index (κ1) is 20.5. The number of ether oxygens (including phenoxy) is 1. The fraction of sp³-hybridized carbons (Fsp3) is 0.700. The number of aliphatic carboxylic acids is 1. The highest BCUT2D eigenvalue weighted by Gasteiger charge is 2.20. The highest BCUT2D eigenvalue weighted by atomic mass is 16.5. The lowest BCUT2D eigenvalue weighted by Gasteiger charge is -2.20. The summed E-state index contributed by atoms with van der Waals surface area (Å²) in [7, 11) is 0. The summed E-state index contributed by atoms with van der Waals surface area (Å²) in [6.07, 6.45) is 12.0. The largest absolute Gasteiger partial charge is 0.478 e. The van der Waals surface area contributed by atoms with Crippen molar-refractivity contribution < 1.29 is 19.4 Å². The monoisotopic (exact) mass is 336 g/mol. The predicted octanol–water partition coefficient (Wildman–Crippen LogP) is 4.89. The Morgan fingerprint density at radius 2 is 1.46 bits per heavy atom. The molecule has 2 saturated carbocycles. The molecule has 24 heavy (non-hydrogen) atoms. The Morgan fingerprint density at radius 3 is 1.92 bits per heavy atom. The summed E-state index contributed by atoms with van der Waals surface area (Å²) < 4.78 is 5.10. The number of carbonyl (C=O) groups excluding carboxylic acids is 1. The molecule has 0 atom stereocenters. The summed E-state index contributed by atoms with van der Waals surface area (Å²) in [5.41, 5.74) is 0.903. The maximum Gasteiger partial charge on any atom is 0.333 e. The number of esters is 1. The van der Waals surface area contributed by atoms with Gasteiger partial charge in [0.15, 0.2) is 0 Å². The lowest BCUT2D eigenvalue weighted by Crippen LogP contribution is -2.16. The van der Waals surface area contributed by atoms with E-state index >= 15 is 0 Å². The quantitative estimate of drug-likeness (QED) is 0.573. The second kappa shape index (κ2) is 11.1. The summed E-state index contributed by atoms with van der Waals surface area (Å²) in [5.74, 6) is -0.222. The van der Waals surface area contributed by atoms with Crippen LogP contribution in [0.2, 0.25) is 0 Å². The van der Waals surface area contributed by atoms with E-state index in [4.69, 9.17) is 9.84 Å². The maximum atomic E-state index is 11.1. The second-order valence-corrected chi connectivity index (χ2v) is 7.05. The van der Waals surface area contributed by atoms with Crippen molar-refractivity contribution >= 4 is 11.9 Å². The Labute approximate surface area is 146 Å². The van der Waals surface area contributed by atoms with Crippen LogP contribution in [0, 0.1) is 11.8 Å². The molecular formula is C20H32O4. The molecule has 0 aromatic rings. The zero-order chi connectivity index (χ0) is 17.9. The van der Waals surface area contributed by atoms with Crippen molar-refractivity contribution in [3.05, 3.63) is 24.3 Å². The smallest absolute Gasteiger partial charge is 0.333 e. The SMILES string of the molecule is C=C(C(=O)O)C1CCCCC1.C=C(C)C(=O)OCC1CCCCC1. The van der Waals surface area contributed by atoms with Gasteiger partial charge in [-0.25, -0.2) is 9.59 Å². The topological polar surface area (TPSA) is 63.6 Å². The molecule has 2 aliphatic carbocycles. The molecule has 0 aromatic carbocycles. The zero-order valence-corrected chi connectivity index (χ0v) is 15.0. The van der Waals surface area contributed by atoms with E-state index in [1.807, 2.05) is 0 Å². The molecule has 0 heterocycles. The minimum Gasteiger partial charge on any atom is -0.478 e. The Kier molecular flexibility index (Phi) is 9.43. The van der Waals surface area contributed by atoms with Gasteiger partial charge in [-0.3, -0.25) is 0 Å². The van der Waals surface area contributed by atoms with Gasteiger partial charge in [0.1, 0.15) is 0 Å². The van der Waals surface area contributed by atoms with Gasteiger partial charge >= 0.3 is 11.9 Å². The molecule has 0 saturated heterocycles. The zero-order valence-electron chi connectivity index (χ0n) is 15.0. The summed E-state index contributed by atoms with van der Waals surface area (Å²) in [6.45, 7) is 9.40. The van der Waals surface area contributed by atoms with Gasteiger partial charge in [-0.2, -0.15) is 0 Å².